The number of sulfonamides is 1. The lowest BCUT2D eigenvalue weighted by Crippen LogP contribution is -2.35. The van der Waals surface area contributed by atoms with Crippen LogP contribution in [0.2, 0.25) is 5.02 Å². The van der Waals surface area contributed by atoms with Gasteiger partial charge in [-0.2, -0.15) is 4.31 Å². The zero-order valence-corrected chi connectivity index (χ0v) is 13.9. The molecular weight excluding hydrogens is 328 g/mol. The van der Waals surface area contributed by atoms with Gasteiger partial charge in [0.2, 0.25) is 10.0 Å². The van der Waals surface area contributed by atoms with E-state index in [1.54, 1.807) is 24.3 Å². The molecule has 2 heterocycles. The fraction of sp³-hybridized carbons (Fsp3) is 0.286. The van der Waals surface area contributed by atoms with Gasteiger partial charge in [-0.15, -0.1) is 11.3 Å². The normalized spacial score (nSPS) is 15.9. The highest BCUT2D eigenvalue weighted by atomic mass is 35.5. The van der Waals surface area contributed by atoms with Crippen molar-refractivity contribution in [1.29, 1.82) is 0 Å². The molecule has 0 fully saturated rings. The third-order valence-electron chi connectivity index (χ3n) is 3.71. The fourth-order valence-corrected chi connectivity index (χ4v) is 5.33. The molecule has 1 aromatic heterocycles. The molecule has 0 aliphatic carbocycles. The Bertz CT molecular complexity index is 799. The van der Waals surface area contributed by atoms with Gasteiger partial charge >= 0.3 is 0 Å². The highest BCUT2D eigenvalue weighted by Crippen LogP contribution is 2.32. The molecule has 1 aliphatic heterocycles. The Hall–Kier alpha value is -1.08. The minimum atomic E-state index is -3.63. The summed E-state index contributed by atoms with van der Waals surface area (Å²) in [4.78, 5) is 1.35. The predicted molar refractivity (Wildman–Crippen MR) is 86.2 cm³/mol. The zero-order valence-electron chi connectivity index (χ0n) is 11.5. The van der Waals surface area contributed by atoms with Crippen LogP contribution >= 0.6 is 22.9 Å². The Morgan fingerprint density at radius 1 is 1.38 bits per heavy atom. The van der Waals surface area contributed by atoms with E-state index in [2.05, 4.69) is 0 Å². The Morgan fingerprint density at radius 3 is 2.90 bits per heavy atom. The van der Waals surface area contributed by atoms with E-state index in [1.807, 2.05) is 11.4 Å². The third kappa shape index (κ3) is 2.57. The van der Waals surface area contributed by atoms with E-state index in [0.717, 1.165) is 17.5 Å². The molecule has 3 rings (SSSR count). The number of aryl methyl sites for hydroxylation is 1. The van der Waals surface area contributed by atoms with Gasteiger partial charge < -0.3 is 5.73 Å². The fourth-order valence-electron chi connectivity index (χ4n) is 2.43. The second kappa shape index (κ2) is 5.28. The molecule has 4 nitrogen and oxygen atoms in total. The van der Waals surface area contributed by atoms with Gasteiger partial charge in [0.15, 0.2) is 0 Å². The Kier molecular flexibility index (Phi) is 3.73. The van der Waals surface area contributed by atoms with Gasteiger partial charge in [-0.05, 0) is 48.1 Å². The second-order valence-electron chi connectivity index (χ2n) is 5.10. The average Bonchev–Trinajstić information content (AvgIpc) is 2.90. The van der Waals surface area contributed by atoms with Crippen molar-refractivity contribution in [3.63, 3.8) is 0 Å². The summed E-state index contributed by atoms with van der Waals surface area (Å²) in [7, 11) is -3.63. The van der Waals surface area contributed by atoms with Crippen LogP contribution in [-0.4, -0.2) is 19.3 Å². The third-order valence-corrected chi connectivity index (χ3v) is 7.04. The maximum atomic E-state index is 12.8. The number of anilines is 1. The molecular formula is C14H15ClN2O2S2. The molecule has 0 atom stereocenters. The van der Waals surface area contributed by atoms with Crippen molar-refractivity contribution in [1.82, 2.24) is 4.31 Å². The van der Waals surface area contributed by atoms with Crippen molar-refractivity contribution in [2.45, 2.75) is 24.8 Å². The van der Waals surface area contributed by atoms with Crippen LogP contribution in [0.4, 0.5) is 5.69 Å². The maximum absolute atomic E-state index is 12.8. The number of nitrogens with two attached hydrogens (primary N) is 1. The SMILES string of the molecule is Cc1cc(Cl)c(S(=O)(=O)N2CCc3sccc3C2)cc1N. The molecule has 112 valence electrons. The van der Waals surface area contributed by atoms with Crippen molar-refractivity contribution in [3.05, 3.63) is 44.6 Å². The van der Waals surface area contributed by atoms with Gasteiger partial charge in [-0.1, -0.05) is 11.6 Å². The summed E-state index contributed by atoms with van der Waals surface area (Å²) in [5.41, 5.74) is 8.12. The molecule has 1 aromatic carbocycles. The number of hydrogen-bond donors (Lipinski definition) is 1. The number of halogens is 1. The van der Waals surface area contributed by atoms with E-state index in [1.165, 1.54) is 15.2 Å². The number of hydrogen-bond acceptors (Lipinski definition) is 4. The Balaban J connectivity index is 2.00. The van der Waals surface area contributed by atoms with Crippen LogP contribution in [0, 0.1) is 6.92 Å². The zero-order chi connectivity index (χ0) is 15.2. The summed E-state index contributed by atoms with van der Waals surface area (Å²) >= 11 is 7.80. The lowest BCUT2D eigenvalue weighted by molar-refractivity contribution is 0.394. The summed E-state index contributed by atoms with van der Waals surface area (Å²) in [6, 6.07) is 5.03. The Labute approximate surface area is 133 Å². The van der Waals surface area contributed by atoms with Gasteiger partial charge in [0.1, 0.15) is 4.90 Å². The number of nitrogen functional groups attached to an aromatic ring is 1. The summed E-state index contributed by atoms with van der Waals surface area (Å²) in [5.74, 6) is 0. The van der Waals surface area contributed by atoms with Gasteiger partial charge in [-0.3, -0.25) is 0 Å². The van der Waals surface area contributed by atoms with E-state index < -0.39 is 10.0 Å². The van der Waals surface area contributed by atoms with E-state index in [4.69, 9.17) is 17.3 Å². The summed E-state index contributed by atoms with van der Waals surface area (Å²) < 4.78 is 27.1. The molecule has 1 aliphatic rings. The largest absolute Gasteiger partial charge is 0.398 e. The number of rotatable bonds is 2. The van der Waals surface area contributed by atoms with Gasteiger partial charge in [0.25, 0.3) is 0 Å². The molecule has 0 saturated heterocycles. The van der Waals surface area contributed by atoms with Crippen LogP contribution in [0.5, 0.6) is 0 Å². The molecule has 0 saturated carbocycles. The molecule has 7 heteroatoms. The molecule has 0 bridgehead atoms. The van der Waals surface area contributed by atoms with Gasteiger partial charge in [-0.25, -0.2) is 8.42 Å². The van der Waals surface area contributed by atoms with E-state index >= 15 is 0 Å². The minimum Gasteiger partial charge on any atom is -0.398 e. The molecule has 2 aromatic rings. The average molecular weight is 343 g/mol. The monoisotopic (exact) mass is 342 g/mol. The van der Waals surface area contributed by atoms with E-state index in [-0.39, 0.29) is 9.92 Å². The number of nitrogens with zero attached hydrogens (tertiary/aromatic N) is 1. The molecule has 2 N–H and O–H groups in total. The van der Waals surface area contributed by atoms with Crippen molar-refractivity contribution >= 4 is 38.6 Å². The molecule has 0 unspecified atom stereocenters. The lowest BCUT2D eigenvalue weighted by atomic mass is 10.1. The van der Waals surface area contributed by atoms with Crippen molar-refractivity contribution in [2.24, 2.45) is 0 Å². The van der Waals surface area contributed by atoms with E-state index in [9.17, 15) is 8.42 Å². The summed E-state index contributed by atoms with van der Waals surface area (Å²) in [5, 5.41) is 2.22. The highest BCUT2D eigenvalue weighted by molar-refractivity contribution is 7.89. The first kappa shape index (κ1) is 14.8. The van der Waals surface area contributed by atoms with Gasteiger partial charge in [0, 0.05) is 23.7 Å². The standard InChI is InChI=1S/C14H15ClN2O2S2/c1-9-6-11(15)14(7-12(9)16)21(18,19)17-4-2-13-10(8-17)3-5-20-13/h3,5-7H,2,4,8,16H2,1H3. The number of thiophene rings is 1. The maximum Gasteiger partial charge on any atom is 0.244 e. The molecule has 21 heavy (non-hydrogen) atoms. The van der Waals surface area contributed by atoms with Crippen LogP contribution in [0.15, 0.2) is 28.5 Å². The first-order valence-corrected chi connectivity index (χ1v) is 9.20. The first-order valence-electron chi connectivity index (χ1n) is 6.50. The van der Waals surface area contributed by atoms with Crippen molar-refractivity contribution < 1.29 is 8.42 Å². The topological polar surface area (TPSA) is 63.4 Å². The molecule has 0 radical (unpaired) electrons. The minimum absolute atomic E-state index is 0.0888. The smallest absolute Gasteiger partial charge is 0.244 e. The van der Waals surface area contributed by atoms with Crippen LogP contribution in [0.1, 0.15) is 16.0 Å². The lowest BCUT2D eigenvalue weighted by Gasteiger charge is -2.26. The second-order valence-corrected chi connectivity index (χ2v) is 8.41. The van der Waals surface area contributed by atoms with Crippen LogP contribution in [-0.2, 0) is 23.0 Å². The van der Waals surface area contributed by atoms with Crippen LogP contribution in [0.25, 0.3) is 0 Å². The number of benzene rings is 1. The Morgan fingerprint density at radius 2 is 2.14 bits per heavy atom. The van der Waals surface area contributed by atoms with Crippen molar-refractivity contribution in [3.8, 4) is 0 Å². The predicted octanol–water partition coefficient (Wildman–Crippen LogP) is 3.04. The molecule has 0 amide bonds. The van der Waals surface area contributed by atoms with Gasteiger partial charge in [0.05, 0.1) is 5.02 Å². The van der Waals surface area contributed by atoms with Crippen LogP contribution < -0.4 is 5.73 Å². The quantitative estimate of drug-likeness (QED) is 0.853. The molecule has 0 spiro atoms. The highest BCUT2D eigenvalue weighted by Gasteiger charge is 2.30. The van der Waals surface area contributed by atoms with Crippen LogP contribution in [0.3, 0.4) is 0 Å². The summed E-state index contributed by atoms with van der Waals surface area (Å²) in [6.07, 6.45) is 0.741. The van der Waals surface area contributed by atoms with E-state index in [0.29, 0.717) is 18.8 Å². The first-order chi connectivity index (χ1) is 9.89. The summed E-state index contributed by atoms with van der Waals surface area (Å²) in [6.45, 7) is 2.67. The number of fused-ring (bicyclic) bond motifs is 1. The van der Waals surface area contributed by atoms with Crippen molar-refractivity contribution in [2.75, 3.05) is 12.3 Å².